The van der Waals surface area contributed by atoms with Crippen LogP contribution >= 0.6 is 11.6 Å². The van der Waals surface area contributed by atoms with E-state index in [2.05, 4.69) is 12.1 Å². The average Bonchev–Trinajstić information content (AvgIpc) is 2.51. The van der Waals surface area contributed by atoms with Gasteiger partial charge in [-0.3, -0.25) is 4.79 Å². The second kappa shape index (κ2) is 6.31. The molecule has 0 amide bonds. The van der Waals surface area contributed by atoms with E-state index in [0.29, 0.717) is 0 Å². The van der Waals surface area contributed by atoms with Gasteiger partial charge in [-0.15, -0.1) is 0 Å². The Kier molecular flexibility index (Phi) is 4.26. The molecule has 0 bridgehead atoms. The van der Waals surface area contributed by atoms with Crippen molar-refractivity contribution in [2.75, 3.05) is 0 Å². The van der Waals surface area contributed by atoms with E-state index in [1.54, 1.807) is 0 Å². The summed E-state index contributed by atoms with van der Waals surface area (Å²) in [4.78, 5) is 11.7. The summed E-state index contributed by atoms with van der Waals surface area (Å²) < 4.78 is 5.30. The molecule has 2 aromatic carbocycles. The monoisotopic (exact) mass is 300 g/mol. The summed E-state index contributed by atoms with van der Waals surface area (Å²) in [6.07, 6.45) is 2.59. The predicted molar refractivity (Wildman–Crippen MR) is 83.3 cm³/mol. The molecule has 0 N–H and O–H groups in total. The lowest BCUT2D eigenvalue weighted by atomic mass is 9.86. The van der Waals surface area contributed by atoms with Crippen molar-refractivity contribution in [2.45, 2.75) is 25.4 Å². The van der Waals surface area contributed by atoms with Crippen molar-refractivity contribution in [3.05, 3.63) is 70.7 Å². The zero-order chi connectivity index (χ0) is 14.7. The Labute approximate surface area is 129 Å². The number of carbonyl (C=O) groups is 1. The maximum Gasteiger partial charge on any atom is 0.313 e. The summed E-state index contributed by atoms with van der Waals surface area (Å²) in [5.41, 5.74) is 2.41. The number of carbonyl (C=O) groups excluding carboxylic acids is 1. The van der Waals surface area contributed by atoms with Gasteiger partial charge in [-0.25, -0.2) is 0 Å². The molecule has 0 radical (unpaired) electrons. The molecule has 2 aromatic rings. The standard InChI is InChI=1S/C18H17ClO2/c19-15-9-6-14(7-10-15)12-16-17(21-18(16)20)11-8-13-4-2-1-3-5-13/h1-7,9-10,16-17H,8,11-12H2. The van der Waals surface area contributed by atoms with Crippen LogP contribution < -0.4 is 0 Å². The molecule has 21 heavy (non-hydrogen) atoms. The van der Waals surface area contributed by atoms with Gasteiger partial charge >= 0.3 is 5.97 Å². The van der Waals surface area contributed by atoms with Gasteiger partial charge < -0.3 is 4.74 Å². The van der Waals surface area contributed by atoms with Crippen LogP contribution in [-0.4, -0.2) is 12.1 Å². The molecule has 1 aliphatic rings. The topological polar surface area (TPSA) is 26.3 Å². The first-order chi connectivity index (χ1) is 10.2. The van der Waals surface area contributed by atoms with Gasteiger partial charge in [0.2, 0.25) is 0 Å². The van der Waals surface area contributed by atoms with Crippen LogP contribution in [0.15, 0.2) is 54.6 Å². The SMILES string of the molecule is O=C1OC(CCc2ccccc2)C1Cc1ccc(Cl)cc1. The molecule has 0 aromatic heterocycles. The highest BCUT2D eigenvalue weighted by molar-refractivity contribution is 6.30. The molecular weight excluding hydrogens is 284 g/mol. The van der Waals surface area contributed by atoms with Crippen molar-refractivity contribution in [1.29, 1.82) is 0 Å². The van der Waals surface area contributed by atoms with Gasteiger partial charge in [0, 0.05) is 5.02 Å². The number of hydrogen-bond donors (Lipinski definition) is 0. The van der Waals surface area contributed by atoms with E-state index in [1.165, 1.54) is 5.56 Å². The first-order valence-electron chi connectivity index (χ1n) is 7.21. The largest absolute Gasteiger partial charge is 0.461 e. The van der Waals surface area contributed by atoms with Crippen molar-refractivity contribution in [3.63, 3.8) is 0 Å². The van der Waals surface area contributed by atoms with Crippen molar-refractivity contribution >= 4 is 17.6 Å². The van der Waals surface area contributed by atoms with Crippen LogP contribution in [0.5, 0.6) is 0 Å². The van der Waals surface area contributed by atoms with Gasteiger partial charge in [-0.1, -0.05) is 54.1 Å². The molecule has 108 valence electrons. The molecule has 1 fully saturated rings. The van der Waals surface area contributed by atoms with E-state index >= 15 is 0 Å². The minimum Gasteiger partial charge on any atom is -0.461 e. The molecule has 1 aliphatic heterocycles. The highest BCUT2D eigenvalue weighted by atomic mass is 35.5. The highest BCUT2D eigenvalue weighted by Gasteiger charge is 2.41. The Morgan fingerprint density at radius 3 is 2.33 bits per heavy atom. The van der Waals surface area contributed by atoms with Crippen molar-refractivity contribution in [2.24, 2.45) is 5.92 Å². The van der Waals surface area contributed by atoms with Crippen LogP contribution in [0.3, 0.4) is 0 Å². The molecule has 2 unspecified atom stereocenters. The number of halogens is 1. The number of benzene rings is 2. The van der Waals surface area contributed by atoms with Gasteiger partial charge in [-0.05, 0) is 42.5 Å². The minimum absolute atomic E-state index is 0.0186. The maximum atomic E-state index is 11.7. The number of ether oxygens (including phenoxy) is 1. The smallest absolute Gasteiger partial charge is 0.313 e. The summed E-state index contributed by atoms with van der Waals surface area (Å²) in [5.74, 6) is -0.0992. The molecule has 0 saturated carbocycles. The summed E-state index contributed by atoms with van der Waals surface area (Å²) >= 11 is 5.88. The van der Waals surface area contributed by atoms with Crippen LogP contribution in [0, 0.1) is 5.92 Å². The average molecular weight is 301 g/mol. The molecule has 2 atom stereocenters. The molecule has 0 aliphatic carbocycles. The summed E-state index contributed by atoms with van der Waals surface area (Å²) in [5, 5.41) is 0.718. The predicted octanol–water partition coefficient (Wildman–Crippen LogP) is 4.06. The fraction of sp³-hybridized carbons (Fsp3) is 0.278. The lowest BCUT2D eigenvalue weighted by Crippen LogP contribution is -2.46. The summed E-state index contributed by atoms with van der Waals surface area (Å²) in [6, 6.07) is 18.0. The normalized spacial score (nSPS) is 20.7. The fourth-order valence-corrected chi connectivity index (χ4v) is 2.83. The molecule has 0 spiro atoms. The van der Waals surface area contributed by atoms with Crippen LogP contribution in [0.2, 0.25) is 5.02 Å². The zero-order valence-corrected chi connectivity index (χ0v) is 12.4. The van der Waals surface area contributed by atoms with E-state index < -0.39 is 0 Å². The summed E-state index contributed by atoms with van der Waals surface area (Å²) in [7, 11) is 0. The van der Waals surface area contributed by atoms with Crippen molar-refractivity contribution in [3.8, 4) is 0 Å². The Hall–Kier alpha value is -1.80. The molecule has 3 heteroatoms. The zero-order valence-electron chi connectivity index (χ0n) is 11.7. The third-order valence-electron chi connectivity index (χ3n) is 3.95. The number of aryl methyl sites for hydroxylation is 1. The van der Waals surface area contributed by atoms with E-state index in [4.69, 9.17) is 16.3 Å². The Morgan fingerprint density at radius 1 is 0.952 bits per heavy atom. The highest BCUT2D eigenvalue weighted by Crippen LogP contribution is 2.30. The van der Waals surface area contributed by atoms with E-state index in [1.807, 2.05) is 42.5 Å². The number of cyclic esters (lactones) is 1. The Balaban J connectivity index is 1.57. The van der Waals surface area contributed by atoms with Gasteiger partial charge in [0.05, 0.1) is 5.92 Å². The second-order valence-electron chi connectivity index (χ2n) is 5.44. The van der Waals surface area contributed by atoms with Crippen molar-refractivity contribution in [1.82, 2.24) is 0 Å². The molecular formula is C18H17ClO2. The van der Waals surface area contributed by atoms with Gasteiger partial charge in [0.1, 0.15) is 6.10 Å². The molecule has 1 heterocycles. The van der Waals surface area contributed by atoms with Crippen LogP contribution in [0.25, 0.3) is 0 Å². The number of esters is 1. The lowest BCUT2D eigenvalue weighted by molar-refractivity contribution is -0.184. The molecule has 1 saturated heterocycles. The fourth-order valence-electron chi connectivity index (χ4n) is 2.70. The van der Waals surface area contributed by atoms with E-state index in [9.17, 15) is 4.79 Å². The number of rotatable bonds is 5. The third kappa shape index (κ3) is 3.45. The molecule has 3 rings (SSSR count). The minimum atomic E-state index is -0.0805. The van der Waals surface area contributed by atoms with Crippen LogP contribution in [0.4, 0.5) is 0 Å². The Bertz CT molecular complexity index is 607. The van der Waals surface area contributed by atoms with Gasteiger partial charge in [-0.2, -0.15) is 0 Å². The Morgan fingerprint density at radius 2 is 1.67 bits per heavy atom. The first kappa shape index (κ1) is 14.2. The van der Waals surface area contributed by atoms with Crippen LogP contribution in [0.1, 0.15) is 17.5 Å². The quantitative estimate of drug-likeness (QED) is 0.779. The molecule has 2 nitrogen and oxygen atoms in total. The maximum absolute atomic E-state index is 11.7. The number of hydrogen-bond acceptors (Lipinski definition) is 2. The van der Waals surface area contributed by atoms with E-state index in [-0.39, 0.29) is 18.0 Å². The van der Waals surface area contributed by atoms with Gasteiger partial charge in [0.25, 0.3) is 0 Å². The van der Waals surface area contributed by atoms with Crippen LogP contribution in [-0.2, 0) is 22.4 Å². The van der Waals surface area contributed by atoms with E-state index in [0.717, 1.165) is 29.8 Å². The lowest BCUT2D eigenvalue weighted by Gasteiger charge is -2.35. The third-order valence-corrected chi connectivity index (χ3v) is 4.20. The summed E-state index contributed by atoms with van der Waals surface area (Å²) in [6.45, 7) is 0. The second-order valence-corrected chi connectivity index (χ2v) is 5.87. The van der Waals surface area contributed by atoms with Gasteiger partial charge in [0.15, 0.2) is 0 Å². The van der Waals surface area contributed by atoms with Crippen molar-refractivity contribution < 1.29 is 9.53 Å². The first-order valence-corrected chi connectivity index (χ1v) is 7.59.